The van der Waals surface area contributed by atoms with E-state index in [4.69, 9.17) is 16.3 Å². The van der Waals surface area contributed by atoms with Crippen LogP contribution in [-0.2, 0) is 14.4 Å². The van der Waals surface area contributed by atoms with Gasteiger partial charge in [0, 0.05) is 18.1 Å². The molecular weight excluding hydrogens is 422 g/mol. The fourth-order valence-electron chi connectivity index (χ4n) is 2.99. The first-order valence-corrected chi connectivity index (χ1v) is 9.46. The molecule has 0 spiro atoms. The number of ether oxygens (including phenoxy) is 1. The van der Waals surface area contributed by atoms with Crippen LogP contribution in [0.4, 0.5) is 0 Å². The highest BCUT2D eigenvalue weighted by molar-refractivity contribution is 6.30. The van der Waals surface area contributed by atoms with E-state index in [1.807, 2.05) is 0 Å². The minimum absolute atomic E-state index is 0.0000478. The van der Waals surface area contributed by atoms with Crippen LogP contribution < -0.4 is 10.1 Å². The van der Waals surface area contributed by atoms with E-state index in [0.717, 1.165) is 11.1 Å². The number of guanidine groups is 1. The molecule has 2 heterocycles. The van der Waals surface area contributed by atoms with E-state index in [9.17, 15) is 19.2 Å². The number of hydrogen-bond acceptors (Lipinski definition) is 6. The van der Waals surface area contributed by atoms with Crippen molar-refractivity contribution in [3.05, 3.63) is 82.2 Å². The van der Waals surface area contributed by atoms with Crippen molar-refractivity contribution in [1.82, 2.24) is 10.2 Å². The summed E-state index contributed by atoms with van der Waals surface area (Å²) in [6.07, 6.45) is 2.52. The number of rotatable bonds is 2. The van der Waals surface area contributed by atoms with Gasteiger partial charge in [0.2, 0.25) is 17.6 Å². The van der Waals surface area contributed by atoms with Crippen molar-refractivity contribution in [2.45, 2.75) is 6.92 Å². The number of amides is 2. The van der Waals surface area contributed by atoms with Gasteiger partial charge in [-0.2, -0.15) is 0 Å². The standard InChI is InChI=1S/C22H14ClN3O5/c1-12(27)24-22-25-17(10-13-6-8-14(23)9-7-13)20(29)26(22)11-16-19(28)15-4-2-3-5-18(15)31-21(16)30/h2-11H,1H3,(H,24,25,27). The first kappa shape index (κ1) is 20.2. The van der Waals surface area contributed by atoms with Crippen molar-refractivity contribution in [3.8, 4) is 5.75 Å². The number of ketones is 1. The summed E-state index contributed by atoms with van der Waals surface area (Å²) in [5.74, 6) is -2.62. The van der Waals surface area contributed by atoms with E-state index in [1.54, 1.807) is 36.4 Å². The number of aliphatic imine (C=N–C) groups is 1. The number of nitrogens with one attached hydrogen (secondary N) is 1. The molecule has 0 aliphatic carbocycles. The van der Waals surface area contributed by atoms with Gasteiger partial charge >= 0.3 is 5.97 Å². The minimum atomic E-state index is -0.909. The molecule has 0 saturated carbocycles. The van der Waals surface area contributed by atoms with Gasteiger partial charge in [-0.25, -0.2) is 9.79 Å². The number of Topliss-reactive ketones (excluding diaryl/α,β-unsaturated/α-hetero) is 1. The molecule has 2 aliphatic rings. The zero-order chi connectivity index (χ0) is 22.1. The Kier molecular flexibility index (Phi) is 5.22. The maximum Gasteiger partial charge on any atom is 0.349 e. The molecule has 0 unspecified atom stereocenters. The van der Waals surface area contributed by atoms with Crippen molar-refractivity contribution in [2.75, 3.05) is 0 Å². The van der Waals surface area contributed by atoms with Crippen LogP contribution in [0.5, 0.6) is 5.75 Å². The lowest BCUT2D eigenvalue weighted by atomic mass is 10.0. The average molecular weight is 436 g/mol. The number of carbonyl (C=O) groups is 4. The van der Waals surface area contributed by atoms with Crippen molar-refractivity contribution in [2.24, 2.45) is 4.99 Å². The largest absolute Gasteiger partial charge is 0.422 e. The molecule has 0 fully saturated rings. The van der Waals surface area contributed by atoms with Crippen molar-refractivity contribution in [1.29, 1.82) is 0 Å². The molecule has 0 radical (unpaired) electrons. The lowest BCUT2D eigenvalue weighted by Crippen LogP contribution is -2.41. The SMILES string of the molecule is CC(=O)NC1=NC(=Cc2ccc(Cl)cc2)C(=O)N1C=C1C(=O)Oc2ccccc2C1=O. The number of hydrogen-bond donors (Lipinski definition) is 1. The molecule has 0 atom stereocenters. The Morgan fingerprint density at radius 3 is 2.52 bits per heavy atom. The van der Waals surface area contributed by atoms with E-state index >= 15 is 0 Å². The molecule has 0 bridgehead atoms. The molecule has 2 aromatic rings. The zero-order valence-corrected chi connectivity index (χ0v) is 16.8. The van der Waals surface area contributed by atoms with Crippen LogP contribution in [0.3, 0.4) is 0 Å². The predicted octanol–water partition coefficient (Wildman–Crippen LogP) is 2.70. The third kappa shape index (κ3) is 4.01. The maximum atomic E-state index is 13.0. The quantitative estimate of drug-likeness (QED) is 0.338. The Morgan fingerprint density at radius 1 is 1.10 bits per heavy atom. The maximum absolute atomic E-state index is 13.0. The smallest absolute Gasteiger partial charge is 0.349 e. The lowest BCUT2D eigenvalue weighted by molar-refractivity contribution is -0.130. The van der Waals surface area contributed by atoms with Crippen molar-refractivity contribution in [3.63, 3.8) is 0 Å². The van der Waals surface area contributed by atoms with E-state index in [-0.39, 0.29) is 28.5 Å². The molecule has 1 N–H and O–H groups in total. The van der Waals surface area contributed by atoms with Gasteiger partial charge in [-0.05, 0) is 35.9 Å². The Hall–Kier alpha value is -4.04. The van der Waals surface area contributed by atoms with Gasteiger partial charge in [0.1, 0.15) is 17.0 Å². The molecule has 2 aromatic carbocycles. The van der Waals surface area contributed by atoms with E-state index < -0.39 is 23.6 Å². The Balaban J connectivity index is 1.73. The van der Waals surface area contributed by atoms with E-state index in [2.05, 4.69) is 10.3 Å². The second-order valence-electron chi connectivity index (χ2n) is 6.63. The first-order valence-electron chi connectivity index (χ1n) is 9.08. The second-order valence-corrected chi connectivity index (χ2v) is 7.07. The lowest BCUT2D eigenvalue weighted by Gasteiger charge is -2.19. The van der Waals surface area contributed by atoms with Gasteiger partial charge in [-0.15, -0.1) is 0 Å². The molecule has 2 amide bonds. The molecule has 0 saturated heterocycles. The third-order valence-electron chi connectivity index (χ3n) is 4.41. The third-order valence-corrected chi connectivity index (χ3v) is 4.66. The van der Waals surface area contributed by atoms with Crippen LogP contribution in [0.15, 0.2) is 71.0 Å². The second kappa shape index (κ2) is 8.00. The first-order chi connectivity index (χ1) is 14.8. The van der Waals surface area contributed by atoms with Gasteiger partial charge in [0.15, 0.2) is 0 Å². The number of halogens is 1. The Morgan fingerprint density at radius 2 is 1.81 bits per heavy atom. The minimum Gasteiger partial charge on any atom is -0.422 e. The Bertz CT molecular complexity index is 1230. The highest BCUT2D eigenvalue weighted by atomic mass is 35.5. The van der Waals surface area contributed by atoms with Crippen LogP contribution in [0.25, 0.3) is 6.08 Å². The number of benzene rings is 2. The van der Waals surface area contributed by atoms with Crippen molar-refractivity contribution < 1.29 is 23.9 Å². The molecule has 154 valence electrons. The number of carbonyl (C=O) groups excluding carboxylic acids is 4. The van der Waals surface area contributed by atoms with Crippen LogP contribution in [0, 0.1) is 0 Å². The molecule has 4 rings (SSSR count). The summed E-state index contributed by atoms with van der Waals surface area (Å²) < 4.78 is 5.19. The van der Waals surface area contributed by atoms with Crippen LogP contribution >= 0.6 is 11.6 Å². The van der Waals surface area contributed by atoms with E-state index in [1.165, 1.54) is 25.1 Å². The summed E-state index contributed by atoms with van der Waals surface area (Å²) in [6, 6.07) is 13.0. The highest BCUT2D eigenvalue weighted by Crippen LogP contribution is 2.28. The highest BCUT2D eigenvalue weighted by Gasteiger charge is 2.35. The van der Waals surface area contributed by atoms with Crippen LogP contribution in [0.1, 0.15) is 22.8 Å². The molecule has 31 heavy (non-hydrogen) atoms. The van der Waals surface area contributed by atoms with Gasteiger partial charge in [-0.3, -0.25) is 24.6 Å². The molecule has 9 heteroatoms. The van der Waals surface area contributed by atoms with Gasteiger partial charge in [0.25, 0.3) is 5.91 Å². The molecule has 0 aromatic heterocycles. The Labute approximate surface area is 181 Å². The van der Waals surface area contributed by atoms with Gasteiger partial charge < -0.3 is 4.74 Å². The zero-order valence-electron chi connectivity index (χ0n) is 16.1. The fraction of sp³-hybridized carbons (Fsp3) is 0.0455. The van der Waals surface area contributed by atoms with Gasteiger partial charge in [0.05, 0.1) is 5.56 Å². The van der Waals surface area contributed by atoms with Crippen LogP contribution in [0.2, 0.25) is 5.02 Å². The number of fused-ring (bicyclic) bond motifs is 1. The molecular formula is C22H14ClN3O5. The topological polar surface area (TPSA) is 105 Å². The number of nitrogens with zero attached hydrogens (tertiary/aromatic N) is 2. The van der Waals surface area contributed by atoms with Crippen LogP contribution in [-0.4, -0.2) is 34.4 Å². The predicted molar refractivity (Wildman–Crippen MR) is 112 cm³/mol. The molecule has 2 aliphatic heterocycles. The molecule has 8 nitrogen and oxygen atoms in total. The summed E-state index contributed by atoms with van der Waals surface area (Å²) >= 11 is 5.88. The monoisotopic (exact) mass is 435 g/mol. The van der Waals surface area contributed by atoms with E-state index in [0.29, 0.717) is 10.6 Å². The summed E-state index contributed by atoms with van der Waals surface area (Å²) in [6.45, 7) is 1.25. The summed E-state index contributed by atoms with van der Waals surface area (Å²) in [4.78, 5) is 54.8. The summed E-state index contributed by atoms with van der Waals surface area (Å²) in [5, 5.41) is 2.96. The number of para-hydroxylation sites is 1. The number of esters is 1. The summed E-state index contributed by atoms with van der Waals surface area (Å²) in [5.41, 5.74) is 0.475. The summed E-state index contributed by atoms with van der Waals surface area (Å²) in [7, 11) is 0. The van der Waals surface area contributed by atoms with Gasteiger partial charge in [-0.1, -0.05) is 35.9 Å². The fourth-order valence-corrected chi connectivity index (χ4v) is 3.11. The average Bonchev–Trinajstić information content (AvgIpc) is 3.00. The van der Waals surface area contributed by atoms with Crippen molar-refractivity contribution >= 4 is 47.2 Å². The normalized spacial score (nSPS) is 18.2.